The number of nitrogens with one attached hydrogen (secondary N) is 1. The van der Waals surface area contributed by atoms with Crippen LogP contribution in [0.25, 0.3) is 0 Å². The van der Waals surface area contributed by atoms with Crippen molar-refractivity contribution in [1.29, 1.82) is 0 Å². The van der Waals surface area contributed by atoms with Gasteiger partial charge in [0.1, 0.15) is 0 Å². The van der Waals surface area contributed by atoms with Gasteiger partial charge in [0, 0.05) is 11.6 Å². The number of halogens is 2. The third-order valence-corrected chi connectivity index (χ3v) is 3.29. The van der Waals surface area contributed by atoms with Gasteiger partial charge in [0.2, 0.25) is 0 Å². The van der Waals surface area contributed by atoms with Gasteiger partial charge in [-0.2, -0.15) is 0 Å². The molecule has 3 nitrogen and oxygen atoms in total. The van der Waals surface area contributed by atoms with E-state index in [-0.39, 0.29) is 12.4 Å². The molecule has 0 aliphatic carbocycles. The Kier molecular flexibility index (Phi) is 7.23. The maximum Gasteiger partial charge on any atom is 0.335 e. The van der Waals surface area contributed by atoms with Gasteiger partial charge in [-0.15, -0.1) is 0 Å². The summed E-state index contributed by atoms with van der Waals surface area (Å²) in [5.74, 6) is -0.896. The predicted octanol–water partition coefficient (Wildman–Crippen LogP) is 0.375. The van der Waals surface area contributed by atoms with E-state index in [0.29, 0.717) is 5.56 Å². The average Bonchev–Trinajstić information content (AvgIpc) is 2.46. The molecule has 0 bridgehead atoms. The van der Waals surface area contributed by atoms with Crippen molar-refractivity contribution in [3.63, 3.8) is 0 Å². The molecular formula is C16H16Cl2NO2-. The van der Waals surface area contributed by atoms with E-state index in [9.17, 15) is 4.79 Å². The van der Waals surface area contributed by atoms with Crippen molar-refractivity contribution < 1.29 is 22.3 Å². The van der Waals surface area contributed by atoms with Crippen LogP contribution in [-0.2, 0) is 13.0 Å². The monoisotopic (exact) mass is 324 g/mol. The van der Waals surface area contributed by atoms with Crippen LogP contribution >= 0.6 is 11.6 Å². The smallest absolute Gasteiger partial charge is 0.335 e. The highest BCUT2D eigenvalue weighted by atomic mass is 35.5. The molecule has 5 heteroatoms. The first kappa shape index (κ1) is 17.5. The Balaban J connectivity index is 0.00000220. The summed E-state index contributed by atoms with van der Waals surface area (Å²) in [6.45, 7) is 1.59. The summed E-state index contributed by atoms with van der Waals surface area (Å²) in [5.41, 5.74) is 2.63. The fourth-order valence-electron chi connectivity index (χ4n) is 1.88. The number of hydrogen-bond donors (Lipinski definition) is 2. The van der Waals surface area contributed by atoms with E-state index in [4.69, 9.17) is 16.7 Å². The second kappa shape index (κ2) is 8.67. The summed E-state index contributed by atoms with van der Waals surface area (Å²) >= 11 is 5.83. The van der Waals surface area contributed by atoms with Gasteiger partial charge in [-0.05, 0) is 48.4 Å². The summed E-state index contributed by atoms with van der Waals surface area (Å²) in [4.78, 5) is 10.7. The summed E-state index contributed by atoms with van der Waals surface area (Å²) in [6.07, 6.45) is 0.935. The molecule has 0 spiro atoms. The van der Waals surface area contributed by atoms with Gasteiger partial charge in [-0.1, -0.05) is 35.9 Å². The molecule has 0 radical (unpaired) electrons. The Labute approximate surface area is 135 Å². The Hall–Kier alpha value is -1.55. The molecule has 0 atom stereocenters. The van der Waals surface area contributed by atoms with E-state index in [1.807, 2.05) is 36.4 Å². The minimum atomic E-state index is -0.896. The van der Waals surface area contributed by atoms with Gasteiger partial charge >= 0.3 is 5.97 Å². The number of carboxylic acids is 1. The Morgan fingerprint density at radius 1 is 1.00 bits per heavy atom. The minimum absolute atomic E-state index is 0. The third-order valence-electron chi connectivity index (χ3n) is 3.03. The summed E-state index contributed by atoms with van der Waals surface area (Å²) in [6, 6.07) is 14.7. The van der Waals surface area contributed by atoms with Crippen molar-refractivity contribution in [2.45, 2.75) is 13.0 Å². The zero-order chi connectivity index (χ0) is 14.4. The SMILES string of the molecule is O=C(O)c1ccc(CNCCc2ccc(Cl)cc2)cc1.[Cl-]. The van der Waals surface area contributed by atoms with E-state index < -0.39 is 5.97 Å². The van der Waals surface area contributed by atoms with E-state index in [1.54, 1.807) is 12.1 Å². The van der Waals surface area contributed by atoms with E-state index in [1.165, 1.54) is 5.56 Å². The lowest BCUT2D eigenvalue weighted by molar-refractivity contribution is -0.0000195. The number of aromatic carboxylic acids is 1. The summed E-state index contributed by atoms with van der Waals surface area (Å²) in [5, 5.41) is 12.9. The first-order valence-electron chi connectivity index (χ1n) is 6.42. The van der Waals surface area contributed by atoms with Gasteiger partial charge in [0.25, 0.3) is 0 Å². The molecule has 2 aromatic carbocycles. The van der Waals surface area contributed by atoms with Crippen LogP contribution in [0.5, 0.6) is 0 Å². The second-order valence-corrected chi connectivity index (χ2v) is 4.99. The molecule has 0 unspecified atom stereocenters. The highest BCUT2D eigenvalue weighted by molar-refractivity contribution is 6.30. The Morgan fingerprint density at radius 2 is 1.57 bits per heavy atom. The minimum Gasteiger partial charge on any atom is -1.00 e. The quantitative estimate of drug-likeness (QED) is 0.755. The van der Waals surface area contributed by atoms with Crippen molar-refractivity contribution in [2.75, 3.05) is 6.54 Å². The fourth-order valence-corrected chi connectivity index (χ4v) is 2.01. The number of carboxylic acid groups (broad SMARTS) is 1. The van der Waals surface area contributed by atoms with Gasteiger partial charge in [0.15, 0.2) is 0 Å². The predicted molar refractivity (Wildman–Crippen MR) is 80.3 cm³/mol. The van der Waals surface area contributed by atoms with Crippen LogP contribution in [0.3, 0.4) is 0 Å². The lowest BCUT2D eigenvalue weighted by atomic mass is 10.1. The zero-order valence-corrected chi connectivity index (χ0v) is 12.9. The maximum absolute atomic E-state index is 10.7. The van der Waals surface area contributed by atoms with Crippen molar-refractivity contribution in [1.82, 2.24) is 5.32 Å². The van der Waals surface area contributed by atoms with Crippen LogP contribution in [0, 0.1) is 0 Å². The molecule has 2 N–H and O–H groups in total. The van der Waals surface area contributed by atoms with Crippen LogP contribution in [0.4, 0.5) is 0 Å². The van der Waals surface area contributed by atoms with Crippen LogP contribution < -0.4 is 17.7 Å². The van der Waals surface area contributed by atoms with Crippen LogP contribution in [0.15, 0.2) is 48.5 Å². The Morgan fingerprint density at radius 3 is 2.14 bits per heavy atom. The van der Waals surface area contributed by atoms with Gasteiger partial charge in [-0.3, -0.25) is 0 Å². The maximum atomic E-state index is 10.7. The zero-order valence-electron chi connectivity index (χ0n) is 11.4. The standard InChI is InChI=1S/C16H16ClNO2.ClH/c17-15-7-3-12(4-8-15)9-10-18-11-13-1-5-14(6-2-13)16(19)20;/h1-8,18H,9-11H2,(H,19,20);1H/p-1. The van der Waals surface area contributed by atoms with E-state index >= 15 is 0 Å². The van der Waals surface area contributed by atoms with Gasteiger partial charge < -0.3 is 22.8 Å². The van der Waals surface area contributed by atoms with E-state index in [0.717, 1.165) is 30.1 Å². The van der Waals surface area contributed by atoms with Crippen molar-refractivity contribution in [3.05, 3.63) is 70.2 Å². The van der Waals surface area contributed by atoms with Crippen molar-refractivity contribution in [3.8, 4) is 0 Å². The van der Waals surface area contributed by atoms with Crippen LogP contribution in [0.1, 0.15) is 21.5 Å². The molecule has 0 amide bonds. The van der Waals surface area contributed by atoms with Gasteiger partial charge in [-0.25, -0.2) is 4.79 Å². The molecule has 2 aromatic rings. The van der Waals surface area contributed by atoms with Gasteiger partial charge in [0.05, 0.1) is 5.56 Å². The lowest BCUT2D eigenvalue weighted by Crippen LogP contribution is -3.00. The largest absolute Gasteiger partial charge is 1.00 e. The van der Waals surface area contributed by atoms with E-state index in [2.05, 4.69) is 5.32 Å². The molecule has 0 aliphatic rings. The summed E-state index contributed by atoms with van der Waals surface area (Å²) < 4.78 is 0. The van der Waals surface area contributed by atoms with Crippen molar-refractivity contribution in [2.24, 2.45) is 0 Å². The number of hydrogen-bond acceptors (Lipinski definition) is 2. The molecule has 21 heavy (non-hydrogen) atoms. The normalized spacial score (nSPS) is 9.95. The highest BCUT2D eigenvalue weighted by Crippen LogP contribution is 2.09. The molecule has 2 rings (SSSR count). The second-order valence-electron chi connectivity index (χ2n) is 4.56. The molecule has 0 heterocycles. The molecule has 0 aromatic heterocycles. The highest BCUT2D eigenvalue weighted by Gasteiger charge is 2.01. The molecule has 112 valence electrons. The summed E-state index contributed by atoms with van der Waals surface area (Å²) in [7, 11) is 0. The lowest BCUT2D eigenvalue weighted by Gasteiger charge is -2.06. The molecule has 0 saturated carbocycles. The topological polar surface area (TPSA) is 49.3 Å². The fraction of sp³-hybridized carbons (Fsp3) is 0.188. The molecule has 0 aliphatic heterocycles. The first-order valence-corrected chi connectivity index (χ1v) is 6.80. The third kappa shape index (κ3) is 5.76. The average molecular weight is 325 g/mol. The molecule has 0 saturated heterocycles. The number of carbonyl (C=O) groups is 1. The molecular weight excluding hydrogens is 309 g/mol. The number of benzene rings is 2. The van der Waals surface area contributed by atoms with Crippen LogP contribution in [-0.4, -0.2) is 17.6 Å². The first-order chi connectivity index (χ1) is 9.65. The van der Waals surface area contributed by atoms with Crippen molar-refractivity contribution >= 4 is 17.6 Å². The van der Waals surface area contributed by atoms with Crippen LogP contribution in [0.2, 0.25) is 5.02 Å². The molecule has 0 fully saturated rings. The Bertz CT molecular complexity index is 568. The number of rotatable bonds is 6.